The highest BCUT2D eigenvalue weighted by atomic mass is 28.4. The van der Waals surface area contributed by atoms with Crippen molar-refractivity contribution in [3.8, 4) is 0 Å². The van der Waals surface area contributed by atoms with E-state index >= 15 is 0 Å². The van der Waals surface area contributed by atoms with E-state index in [0.717, 1.165) is 12.8 Å². The van der Waals surface area contributed by atoms with Crippen LogP contribution in [0.2, 0.25) is 0 Å². The molecule has 0 radical (unpaired) electrons. The molecule has 4 heteroatoms. The summed E-state index contributed by atoms with van der Waals surface area (Å²) in [5.41, 5.74) is 0. The standard InChI is InChI=1S/C7H14O3Si/c1-8-11(9-2,10-3)7-5-4-6-7/h5H,4,6H2,1-3H3. The van der Waals surface area contributed by atoms with Gasteiger partial charge >= 0.3 is 8.80 Å². The van der Waals surface area contributed by atoms with Gasteiger partial charge in [0.1, 0.15) is 0 Å². The maximum atomic E-state index is 5.27. The summed E-state index contributed by atoms with van der Waals surface area (Å²) < 4.78 is 15.8. The number of hydrogen-bond donors (Lipinski definition) is 0. The predicted octanol–water partition coefficient (Wildman–Crippen LogP) is 1.12. The van der Waals surface area contributed by atoms with Gasteiger partial charge in [-0.3, -0.25) is 0 Å². The average Bonchev–Trinajstić information content (AvgIpc) is 1.97. The van der Waals surface area contributed by atoms with Crippen LogP contribution in [0.1, 0.15) is 12.8 Å². The Hall–Kier alpha value is -0.163. The summed E-state index contributed by atoms with van der Waals surface area (Å²) in [7, 11) is 2.54. The lowest BCUT2D eigenvalue weighted by molar-refractivity contribution is 0.132. The van der Waals surface area contributed by atoms with Crippen LogP contribution in [0.5, 0.6) is 0 Å². The van der Waals surface area contributed by atoms with Gasteiger partial charge in [0.2, 0.25) is 0 Å². The molecule has 0 aliphatic heterocycles. The molecule has 64 valence electrons. The molecule has 0 heterocycles. The highest BCUT2D eigenvalue weighted by Crippen LogP contribution is 2.29. The van der Waals surface area contributed by atoms with Crippen LogP contribution in [0.25, 0.3) is 0 Å². The first-order valence-electron chi connectivity index (χ1n) is 3.64. The Bertz CT molecular complexity index is 155. The van der Waals surface area contributed by atoms with Gasteiger partial charge in [-0.2, -0.15) is 0 Å². The summed E-state index contributed by atoms with van der Waals surface area (Å²) in [5, 5.41) is 1.21. The van der Waals surface area contributed by atoms with Crippen LogP contribution in [0.4, 0.5) is 0 Å². The van der Waals surface area contributed by atoms with Crippen molar-refractivity contribution in [1.29, 1.82) is 0 Å². The average molecular weight is 174 g/mol. The largest absolute Gasteiger partial charge is 0.531 e. The number of allylic oxidation sites excluding steroid dienone is 2. The van der Waals surface area contributed by atoms with Crippen molar-refractivity contribution >= 4 is 8.80 Å². The van der Waals surface area contributed by atoms with Gasteiger partial charge in [0.15, 0.2) is 0 Å². The Morgan fingerprint density at radius 3 is 1.73 bits per heavy atom. The van der Waals surface area contributed by atoms with Crippen molar-refractivity contribution in [2.75, 3.05) is 21.3 Å². The van der Waals surface area contributed by atoms with Gasteiger partial charge < -0.3 is 13.3 Å². The van der Waals surface area contributed by atoms with Gasteiger partial charge in [0.05, 0.1) is 0 Å². The van der Waals surface area contributed by atoms with Gasteiger partial charge in [0.25, 0.3) is 0 Å². The van der Waals surface area contributed by atoms with E-state index in [4.69, 9.17) is 13.3 Å². The van der Waals surface area contributed by atoms with Gasteiger partial charge in [0, 0.05) is 21.3 Å². The minimum Gasteiger partial charge on any atom is -0.374 e. The van der Waals surface area contributed by atoms with E-state index in [9.17, 15) is 0 Å². The van der Waals surface area contributed by atoms with Crippen LogP contribution in [0, 0.1) is 0 Å². The topological polar surface area (TPSA) is 27.7 Å². The molecule has 0 amide bonds. The summed E-state index contributed by atoms with van der Waals surface area (Å²) in [6.07, 6.45) is 4.31. The summed E-state index contributed by atoms with van der Waals surface area (Å²) >= 11 is 0. The van der Waals surface area contributed by atoms with Crippen molar-refractivity contribution in [3.05, 3.63) is 11.3 Å². The second kappa shape index (κ2) is 3.49. The molecule has 0 aromatic rings. The number of rotatable bonds is 4. The molecule has 1 rings (SSSR count). The Morgan fingerprint density at radius 1 is 1.18 bits per heavy atom. The zero-order valence-corrected chi connectivity index (χ0v) is 8.22. The normalized spacial score (nSPS) is 17.5. The third-order valence-corrected chi connectivity index (χ3v) is 4.86. The molecule has 0 unspecified atom stereocenters. The summed E-state index contributed by atoms with van der Waals surface area (Å²) in [4.78, 5) is 0. The van der Waals surface area contributed by atoms with Crippen LogP contribution in [-0.4, -0.2) is 30.1 Å². The first-order chi connectivity index (χ1) is 5.29. The zero-order chi connectivity index (χ0) is 8.32. The second-order valence-electron chi connectivity index (χ2n) is 2.44. The second-order valence-corrected chi connectivity index (χ2v) is 5.42. The van der Waals surface area contributed by atoms with Crippen molar-refractivity contribution < 1.29 is 13.3 Å². The van der Waals surface area contributed by atoms with Crippen molar-refractivity contribution in [3.63, 3.8) is 0 Å². The zero-order valence-electron chi connectivity index (χ0n) is 7.22. The fourth-order valence-electron chi connectivity index (χ4n) is 1.21. The van der Waals surface area contributed by atoms with Crippen LogP contribution in [0.15, 0.2) is 11.3 Å². The molecule has 0 N–H and O–H groups in total. The summed E-state index contributed by atoms with van der Waals surface area (Å²) in [5.74, 6) is 0. The minimum atomic E-state index is -2.37. The highest BCUT2D eigenvalue weighted by Gasteiger charge is 2.44. The van der Waals surface area contributed by atoms with E-state index in [0.29, 0.717) is 0 Å². The molecule has 0 bridgehead atoms. The summed E-state index contributed by atoms with van der Waals surface area (Å²) in [6, 6.07) is 0. The van der Waals surface area contributed by atoms with Gasteiger partial charge in [-0.25, -0.2) is 0 Å². The third kappa shape index (κ3) is 1.39. The molecule has 0 fully saturated rings. The molecule has 0 spiro atoms. The predicted molar refractivity (Wildman–Crippen MR) is 44.1 cm³/mol. The fourth-order valence-corrected chi connectivity index (χ4v) is 3.34. The van der Waals surface area contributed by atoms with Gasteiger partial charge in [-0.15, -0.1) is 0 Å². The number of hydrogen-bond acceptors (Lipinski definition) is 3. The smallest absolute Gasteiger partial charge is 0.374 e. The van der Waals surface area contributed by atoms with Gasteiger partial charge in [-0.1, -0.05) is 6.08 Å². The molecule has 11 heavy (non-hydrogen) atoms. The van der Waals surface area contributed by atoms with Crippen molar-refractivity contribution in [2.45, 2.75) is 12.8 Å². The Morgan fingerprint density at radius 2 is 1.64 bits per heavy atom. The molecular weight excluding hydrogens is 160 g/mol. The molecule has 0 saturated heterocycles. The van der Waals surface area contributed by atoms with E-state index in [-0.39, 0.29) is 0 Å². The SMILES string of the molecule is CO[Si](OC)(OC)C1=CCC1. The third-order valence-electron chi connectivity index (χ3n) is 2.00. The van der Waals surface area contributed by atoms with Crippen LogP contribution >= 0.6 is 0 Å². The van der Waals surface area contributed by atoms with E-state index < -0.39 is 8.80 Å². The molecule has 1 aliphatic carbocycles. The van der Waals surface area contributed by atoms with Crippen LogP contribution in [0.3, 0.4) is 0 Å². The van der Waals surface area contributed by atoms with E-state index in [1.807, 2.05) is 0 Å². The molecule has 0 aromatic heterocycles. The quantitative estimate of drug-likeness (QED) is 0.598. The first-order valence-corrected chi connectivity index (χ1v) is 5.36. The van der Waals surface area contributed by atoms with Gasteiger partial charge in [-0.05, 0) is 18.0 Å². The molecular formula is C7H14O3Si. The molecule has 3 nitrogen and oxygen atoms in total. The maximum absolute atomic E-state index is 5.27. The van der Waals surface area contributed by atoms with Crippen LogP contribution in [-0.2, 0) is 13.3 Å². The fraction of sp³-hybridized carbons (Fsp3) is 0.714. The minimum absolute atomic E-state index is 1.06. The Labute approximate surface area is 68.3 Å². The van der Waals surface area contributed by atoms with Crippen molar-refractivity contribution in [2.24, 2.45) is 0 Å². The van der Waals surface area contributed by atoms with E-state index in [1.165, 1.54) is 5.20 Å². The van der Waals surface area contributed by atoms with Crippen LogP contribution < -0.4 is 0 Å². The summed E-state index contributed by atoms with van der Waals surface area (Å²) in [6.45, 7) is 0. The molecule has 0 aromatic carbocycles. The highest BCUT2D eigenvalue weighted by molar-refractivity contribution is 6.69. The lowest BCUT2D eigenvalue weighted by Gasteiger charge is -2.30. The Balaban J connectivity index is 2.70. The van der Waals surface area contributed by atoms with Crippen molar-refractivity contribution in [1.82, 2.24) is 0 Å². The molecule has 1 aliphatic rings. The Kier molecular flexibility index (Phi) is 2.83. The lowest BCUT2D eigenvalue weighted by atomic mass is 10.1. The van der Waals surface area contributed by atoms with E-state index in [2.05, 4.69) is 6.08 Å². The lowest BCUT2D eigenvalue weighted by Crippen LogP contribution is -2.46. The van der Waals surface area contributed by atoms with E-state index in [1.54, 1.807) is 21.3 Å². The maximum Gasteiger partial charge on any atom is 0.531 e. The molecule has 0 atom stereocenters. The first kappa shape index (κ1) is 8.93. The molecule has 0 saturated carbocycles. The monoisotopic (exact) mass is 174 g/mol.